The van der Waals surface area contributed by atoms with E-state index < -0.39 is 10.4 Å². The summed E-state index contributed by atoms with van der Waals surface area (Å²) in [6, 6.07) is 16.7. The van der Waals surface area contributed by atoms with Crippen LogP contribution >= 0.6 is 0 Å². The molecule has 1 aromatic heterocycles. The molecule has 0 amide bonds. The lowest BCUT2D eigenvalue weighted by molar-refractivity contribution is 0.217. The van der Waals surface area contributed by atoms with Crippen LogP contribution in [0.25, 0.3) is 0 Å². The summed E-state index contributed by atoms with van der Waals surface area (Å²) in [6.07, 6.45) is 1.20. The van der Waals surface area contributed by atoms with Crippen molar-refractivity contribution in [1.82, 2.24) is 9.88 Å². The minimum Gasteiger partial charge on any atom is -0.588 e. The Hall–Kier alpha value is -2.81. The molecular formula is C21H20FN3O3S. The summed E-state index contributed by atoms with van der Waals surface area (Å²) in [6.45, 7) is 2.21. The Morgan fingerprint density at radius 3 is 2.76 bits per heavy atom. The number of nitrogens with one attached hydrogen (secondary N) is 1. The van der Waals surface area contributed by atoms with E-state index in [1.807, 2.05) is 6.07 Å². The molecule has 1 unspecified atom stereocenters. The lowest BCUT2D eigenvalue weighted by atomic mass is 10.2. The molecule has 2 heterocycles. The number of halogens is 1. The van der Waals surface area contributed by atoms with Gasteiger partial charge in [-0.3, -0.25) is 9.88 Å². The van der Waals surface area contributed by atoms with Crippen molar-refractivity contribution < 1.29 is 17.9 Å². The Morgan fingerprint density at radius 1 is 1.17 bits per heavy atom. The molecule has 0 saturated carbocycles. The quantitative estimate of drug-likeness (QED) is 0.647. The van der Waals surface area contributed by atoms with Crippen molar-refractivity contribution in [3.05, 3.63) is 83.9 Å². The minimum atomic E-state index is -3.71. The smallest absolute Gasteiger partial charge is 0.184 e. The minimum absolute atomic E-state index is 0.147. The maximum atomic E-state index is 13.0. The number of rotatable bonds is 5. The summed E-state index contributed by atoms with van der Waals surface area (Å²) in [5.74, 6) is 0.187. The van der Waals surface area contributed by atoms with Crippen molar-refractivity contribution in [3.8, 4) is 5.75 Å². The fraction of sp³-hybridized carbons (Fsp3) is 0.190. The topological polar surface area (TPSA) is 77.5 Å². The van der Waals surface area contributed by atoms with Gasteiger partial charge in [-0.25, -0.2) is 9.11 Å². The van der Waals surface area contributed by atoms with E-state index in [2.05, 4.69) is 14.6 Å². The van der Waals surface area contributed by atoms with Crippen LogP contribution in [0.2, 0.25) is 0 Å². The van der Waals surface area contributed by atoms with Gasteiger partial charge in [-0.2, -0.15) is 0 Å². The highest BCUT2D eigenvalue weighted by Crippen LogP contribution is 2.29. The molecule has 1 N–H and O–H groups in total. The lowest BCUT2D eigenvalue weighted by Gasteiger charge is -2.19. The SMILES string of the molecule is O=[S+]([O-])(Nc1ccccc1)c1ccc2c(c1)OCCN(Cc1ccc(F)cn1)C2. The van der Waals surface area contributed by atoms with Crippen LogP contribution in [-0.2, 0) is 27.7 Å². The van der Waals surface area contributed by atoms with Gasteiger partial charge in [0.15, 0.2) is 15.3 Å². The van der Waals surface area contributed by atoms with E-state index in [1.165, 1.54) is 12.3 Å². The standard InChI is InChI=1S/C21H20FN3O3S/c22-17-7-8-19(23-13-17)15-25-10-11-28-21-12-20(9-6-16(21)14-25)29(26,27)24-18-4-2-1-3-5-18/h1-9,12-13H,10-11,14-15H2,(H-,24,26,27). The van der Waals surface area contributed by atoms with Crippen molar-refractivity contribution in [2.45, 2.75) is 18.0 Å². The molecule has 0 spiro atoms. The Balaban J connectivity index is 1.51. The zero-order valence-corrected chi connectivity index (χ0v) is 16.4. The third kappa shape index (κ3) is 4.79. The number of pyridine rings is 1. The van der Waals surface area contributed by atoms with Gasteiger partial charge in [-0.05, 0) is 36.4 Å². The molecule has 0 fully saturated rings. The second-order valence-corrected chi connectivity index (χ2v) is 8.45. The molecule has 3 aromatic rings. The Morgan fingerprint density at radius 2 is 2.00 bits per heavy atom. The predicted octanol–water partition coefficient (Wildman–Crippen LogP) is 3.63. The Kier molecular flexibility index (Phi) is 5.57. The van der Waals surface area contributed by atoms with Crippen molar-refractivity contribution in [1.29, 1.82) is 0 Å². The maximum Gasteiger partial charge on any atom is 0.184 e. The van der Waals surface area contributed by atoms with Gasteiger partial charge in [0.25, 0.3) is 0 Å². The van der Waals surface area contributed by atoms with Gasteiger partial charge in [0.05, 0.1) is 17.6 Å². The molecule has 0 aliphatic carbocycles. The second-order valence-electron chi connectivity index (χ2n) is 6.77. The average molecular weight is 413 g/mol. The monoisotopic (exact) mass is 413 g/mol. The summed E-state index contributed by atoms with van der Waals surface area (Å²) < 4.78 is 46.8. The van der Waals surface area contributed by atoms with E-state index >= 15 is 0 Å². The molecule has 4 rings (SSSR count). The van der Waals surface area contributed by atoms with E-state index in [9.17, 15) is 13.2 Å². The summed E-state index contributed by atoms with van der Waals surface area (Å²) in [4.78, 5) is 6.37. The predicted molar refractivity (Wildman–Crippen MR) is 107 cm³/mol. The molecule has 1 aliphatic heterocycles. The number of sulfonamides is 1. The van der Waals surface area contributed by atoms with E-state index in [0.29, 0.717) is 37.7 Å². The van der Waals surface area contributed by atoms with Crippen molar-refractivity contribution >= 4 is 16.1 Å². The highest BCUT2D eigenvalue weighted by atomic mass is 32.3. The number of anilines is 1. The largest absolute Gasteiger partial charge is 0.588 e. The molecule has 2 aromatic carbocycles. The van der Waals surface area contributed by atoms with Gasteiger partial charge in [0.2, 0.25) is 0 Å². The zero-order valence-electron chi connectivity index (χ0n) is 15.6. The van der Waals surface area contributed by atoms with Crippen LogP contribution in [0.3, 0.4) is 0 Å². The number of fused-ring (bicyclic) bond motifs is 1. The first kappa shape index (κ1) is 19.5. The zero-order chi connectivity index (χ0) is 20.3. The molecular weight excluding hydrogens is 393 g/mol. The number of aromatic nitrogens is 1. The van der Waals surface area contributed by atoms with Gasteiger partial charge in [0, 0.05) is 31.3 Å². The van der Waals surface area contributed by atoms with Crippen LogP contribution in [0.15, 0.2) is 71.8 Å². The fourth-order valence-corrected chi connectivity index (χ4v) is 4.23. The maximum absolute atomic E-state index is 13.0. The number of ether oxygens (including phenoxy) is 1. The van der Waals surface area contributed by atoms with E-state index in [1.54, 1.807) is 48.5 Å². The number of benzene rings is 2. The van der Waals surface area contributed by atoms with Crippen molar-refractivity contribution in [3.63, 3.8) is 0 Å². The summed E-state index contributed by atoms with van der Waals surface area (Å²) >= 11 is 0. The molecule has 1 atom stereocenters. The number of hydrogen-bond acceptors (Lipinski definition) is 5. The van der Waals surface area contributed by atoms with Gasteiger partial charge < -0.3 is 9.29 Å². The first-order chi connectivity index (χ1) is 14.0. The van der Waals surface area contributed by atoms with Crippen molar-refractivity contribution in [2.75, 3.05) is 17.9 Å². The van der Waals surface area contributed by atoms with Crippen LogP contribution in [0.5, 0.6) is 5.75 Å². The molecule has 8 heteroatoms. The molecule has 29 heavy (non-hydrogen) atoms. The number of para-hydroxylation sites is 1. The van der Waals surface area contributed by atoms with E-state index in [-0.39, 0.29) is 10.7 Å². The first-order valence-electron chi connectivity index (χ1n) is 9.16. The highest BCUT2D eigenvalue weighted by Gasteiger charge is 2.24. The lowest BCUT2D eigenvalue weighted by Crippen LogP contribution is -2.25. The average Bonchev–Trinajstić information content (AvgIpc) is 2.91. The third-order valence-corrected chi connectivity index (χ3v) is 5.99. The van der Waals surface area contributed by atoms with Gasteiger partial charge in [-0.15, -0.1) is 0 Å². The molecule has 0 radical (unpaired) electrons. The fourth-order valence-electron chi connectivity index (χ4n) is 3.16. The van der Waals surface area contributed by atoms with E-state index in [4.69, 9.17) is 4.74 Å². The molecule has 0 bridgehead atoms. The molecule has 1 aliphatic rings. The number of hydrogen-bond donors (Lipinski definition) is 1. The molecule has 6 nitrogen and oxygen atoms in total. The molecule has 150 valence electrons. The normalized spacial score (nSPS) is 16.2. The van der Waals surface area contributed by atoms with Crippen LogP contribution in [0.1, 0.15) is 11.3 Å². The summed E-state index contributed by atoms with van der Waals surface area (Å²) in [5.41, 5.74) is 2.16. The van der Waals surface area contributed by atoms with Crippen LogP contribution in [0, 0.1) is 5.82 Å². The van der Waals surface area contributed by atoms with Gasteiger partial charge >= 0.3 is 0 Å². The van der Waals surface area contributed by atoms with Gasteiger partial charge in [-0.1, -0.05) is 22.4 Å². The highest BCUT2D eigenvalue weighted by molar-refractivity contribution is 7.98. The Bertz CT molecular complexity index is 1030. The molecule has 0 saturated heterocycles. The number of nitrogens with zero attached hydrogens (tertiary/aromatic N) is 2. The van der Waals surface area contributed by atoms with E-state index in [0.717, 1.165) is 11.3 Å². The first-order valence-corrected chi connectivity index (χ1v) is 10.6. The van der Waals surface area contributed by atoms with Crippen LogP contribution < -0.4 is 9.46 Å². The van der Waals surface area contributed by atoms with Gasteiger partial charge in [0.1, 0.15) is 18.2 Å². The third-order valence-electron chi connectivity index (χ3n) is 4.61. The Labute approximate surface area is 169 Å². The summed E-state index contributed by atoms with van der Waals surface area (Å²) in [7, 11) is -3.71. The summed E-state index contributed by atoms with van der Waals surface area (Å²) in [5, 5.41) is 0. The van der Waals surface area contributed by atoms with Crippen molar-refractivity contribution in [2.24, 2.45) is 0 Å². The second kappa shape index (κ2) is 8.28. The van der Waals surface area contributed by atoms with Crippen LogP contribution in [-0.4, -0.2) is 27.6 Å². The van der Waals surface area contributed by atoms with Crippen LogP contribution in [0.4, 0.5) is 10.1 Å².